The first-order chi connectivity index (χ1) is 12.1. The van der Waals surface area contributed by atoms with Crippen LogP contribution in [0.3, 0.4) is 0 Å². The molecule has 2 heterocycles. The molecule has 1 aromatic heterocycles. The van der Waals surface area contributed by atoms with Crippen molar-refractivity contribution in [2.75, 3.05) is 6.54 Å². The quantitative estimate of drug-likeness (QED) is 0.902. The fraction of sp³-hybridized carbons (Fsp3) is 0.421. The highest BCUT2D eigenvalue weighted by Gasteiger charge is 2.26. The van der Waals surface area contributed by atoms with E-state index in [-0.39, 0.29) is 24.2 Å². The lowest BCUT2D eigenvalue weighted by atomic mass is 9.95. The lowest BCUT2D eigenvalue weighted by molar-refractivity contribution is -0.135. The van der Waals surface area contributed by atoms with Crippen LogP contribution in [0.25, 0.3) is 0 Å². The van der Waals surface area contributed by atoms with Gasteiger partial charge >= 0.3 is 5.69 Å². The number of carbonyl (C=O) groups excluding carboxylic acids is 1. The van der Waals surface area contributed by atoms with E-state index < -0.39 is 5.69 Å². The van der Waals surface area contributed by atoms with Crippen molar-refractivity contribution in [3.8, 4) is 5.75 Å². The molecule has 6 heteroatoms. The molecule has 1 aliphatic rings. The lowest BCUT2D eigenvalue weighted by Crippen LogP contribution is -2.46. The third kappa shape index (κ3) is 4.47. The maximum absolute atomic E-state index is 12.7. The first-order valence-corrected chi connectivity index (χ1v) is 8.72. The zero-order valence-electron chi connectivity index (χ0n) is 14.2. The van der Waals surface area contributed by atoms with Crippen molar-refractivity contribution in [2.24, 2.45) is 0 Å². The Hall–Kier alpha value is -2.63. The van der Waals surface area contributed by atoms with Gasteiger partial charge in [0, 0.05) is 25.0 Å². The number of aryl methyl sites for hydroxylation is 1. The van der Waals surface area contributed by atoms with E-state index in [0.29, 0.717) is 0 Å². The van der Waals surface area contributed by atoms with Crippen LogP contribution in [0.1, 0.15) is 31.2 Å². The predicted molar refractivity (Wildman–Crippen MR) is 94.3 cm³/mol. The van der Waals surface area contributed by atoms with Gasteiger partial charge < -0.3 is 10.0 Å². The number of carbonyl (C=O) groups is 1. The highest BCUT2D eigenvalue weighted by Crippen LogP contribution is 2.22. The van der Waals surface area contributed by atoms with Crippen molar-refractivity contribution < 1.29 is 9.90 Å². The van der Waals surface area contributed by atoms with Gasteiger partial charge in [-0.3, -0.25) is 9.36 Å². The first-order valence-electron chi connectivity index (χ1n) is 8.72. The number of benzene rings is 1. The maximum Gasteiger partial charge on any atom is 0.347 e. The van der Waals surface area contributed by atoms with Crippen LogP contribution >= 0.6 is 0 Å². The number of aromatic nitrogens is 2. The topological polar surface area (TPSA) is 75.4 Å². The van der Waals surface area contributed by atoms with Crippen LogP contribution in [-0.4, -0.2) is 38.1 Å². The predicted octanol–water partition coefficient (Wildman–Crippen LogP) is 1.96. The summed E-state index contributed by atoms with van der Waals surface area (Å²) in [6.07, 6.45) is 7.79. The van der Waals surface area contributed by atoms with Gasteiger partial charge in [-0.05, 0) is 55.9 Å². The van der Waals surface area contributed by atoms with Gasteiger partial charge in [-0.15, -0.1) is 0 Å². The summed E-state index contributed by atoms with van der Waals surface area (Å²) in [7, 11) is 0. The molecule has 2 aromatic rings. The molecule has 0 bridgehead atoms. The van der Waals surface area contributed by atoms with Crippen LogP contribution < -0.4 is 5.69 Å². The molecule has 0 aliphatic carbocycles. The third-order valence-electron chi connectivity index (χ3n) is 4.71. The van der Waals surface area contributed by atoms with Crippen molar-refractivity contribution in [2.45, 2.75) is 44.7 Å². The SMILES string of the molecule is O=C(Cn1cccnc1=O)N1CCCC[C@@H]1CCc1cccc(O)c1. The van der Waals surface area contributed by atoms with Crippen LogP contribution in [0, 0.1) is 0 Å². The van der Waals surface area contributed by atoms with Crippen LogP contribution in [-0.2, 0) is 17.8 Å². The maximum atomic E-state index is 12.7. The summed E-state index contributed by atoms with van der Waals surface area (Å²) >= 11 is 0. The van der Waals surface area contributed by atoms with E-state index in [2.05, 4.69) is 4.98 Å². The summed E-state index contributed by atoms with van der Waals surface area (Å²) in [6, 6.07) is 9.09. The molecule has 0 spiro atoms. The average molecular weight is 341 g/mol. The second-order valence-corrected chi connectivity index (χ2v) is 6.48. The smallest absolute Gasteiger partial charge is 0.347 e. The van der Waals surface area contributed by atoms with E-state index in [1.54, 1.807) is 24.4 Å². The van der Waals surface area contributed by atoms with Crippen LogP contribution in [0.15, 0.2) is 47.5 Å². The number of likely N-dealkylation sites (tertiary alicyclic amines) is 1. The van der Waals surface area contributed by atoms with E-state index in [9.17, 15) is 14.7 Å². The summed E-state index contributed by atoms with van der Waals surface area (Å²) in [4.78, 5) is 30.0. The van der Waals surface area contributed by atoms with Gasteiger partial charge in [0.2, 0.25) is 5.91 Å². The van der Waals surface area contributed by atoms with E-state index in [1.165, 1.54) is 10.8 Å². The molecule has 6 nitrogen and oxygen atoms in total. The Morgan fingerprint density at radius 3 is 2.96 bits per heavy atom. The highest BCUT2D eigenvalue weighted by atomic mass is 16.3. The monoisotopic (exact) mass is 341 g/mol. The third-order valence-corrected chi connectivity index (χ3v) is 4.71. The molecule has 1 amide bonds. The molecule has 0 saturated carbocycles. The molecule has 1 N–H and O–H groups in total. The molecule has 3 rings (SSSR count). The summed E-state index contributed by atoms with van der Waals surface area (Å²) in [5, 5.41) is 9.58. The number of aromatic hydroxyl groups is 1. The van der Waals surface area contributed by atoms with E-state index in [0.717, 1.165) is 44.2 Å². The van der Waals surface area contributed by atoms with Crippen molar-refractivity contribution in [1.82, 2.24) is 14.5 Å². The van der Waals surface area contributed by atoms with Gasteiger partial charge in [0.1, 0.15) is 12.3 Å². The minimum atomic E-state index is -0.399. The van der Waals surface area contributed by atoms with Crippen molar-refractivity contribution in [1.29, 1.82) is 0 Å². The van der Waals surface area contributed by atoms with Gasteiger partial charge in [0.05, 0.1) is 0 Å². The van der Waals surface area contributed by atoms with Crippen LogP contribution in [0.5, 0.6) is 5.75 Å². The van der Waals surface area contributed by atoms with E-state index in [4.69, 9.17) is 0 Å². The van der Waals surface area contributed by atoms with E-state index in [1.807, 2.05) is 17.0 Å². The highest BCUT2D eigenvalue weighted by molar-refractivity contribution is 5.76. The molecule has 1 aromatic carbocycles. The Bertz CT molecular complexity index is 787. The van der Waals surface area contributed by atoms with E-state index >= 15 is 0 Å². The molecule has 25 heavy (non-hydrogen) atoms. The number of rotatable bonds is 5. The molecule has 0 radical (unpaired) electrons. The Kier molecular flexibility index (Phi) is 5.48. The zero-order chi connectivity index (χ0) is 17.6. The van der Waals surface area contributed by atoms with Crippen molar-refractivity contribution >= 4 is 5.91 Å². The van der Waals surface area contributed by atoms with Gasteiger partial charge in [0.15, 0.2) is 0 Å². The number of phenols is 1. The first kappa shape index (κ1) is 17.2. The Labute approximate surface area is 146 Å². The molecular weight excluding hydrogens is 318 g/mol. The number of hydrogen-bond donors (Lipinski definition) is 1. The summed E-state index contributed by atoms with van der Waals surface area (Å²) in [5.41, 5.74) is 0.672. The molecule has 132 valence electrons. The van der Waals surface area contributed by atoms with Crippen molar-refractivity contribution in [3.63, 3.8) is 0 Å². The zero-order valence-corrected chi connectivity index (χ0v) is 14.2. The molecule has 1 saturated heterocycles. The second-order valence-electron chi connectivity index (χ2n) is 6.48. The normalized spacial score (nSPS) is 17.4. The summed E-state index contributed by atoms with van der Waals surface area (Å²) in [5.74, 6) is 0.237. The largest absolute Gasteiger partial charge is 0.508 e. The minimum Gasteiger partial charge on any atom is -0.508 e. The number of amides is 1. The molecule has 1 fully saturated rings. The number of piperidine rings is 1. The minimum absolute atomic E-state index is 0.0318. The molecule has 0 unspecified atom stereocenters. The van der Waals surface area contributed by atoms with Gasteiger partial charge in [-0.1, -0.05) is 12.1 Å². The summed E-state index contributed by atoms with van der Waals surface area (Å²) in [6.45, 7) is 0.772. The number of phenolic OH excluding ortho intramolecular Hbond substituents is 1. The number of hydrogen-bond acceptors (Lipinski definition) is 4. The van der Waals surface area contributed by atoms with Gasteiger partial charge in [0.25, 0.3) is 0 Å². The Morgan fingerprint density at radius 2 is 2.16 bits per heavy atom. The second kappa shape index (κ2) is 7.96. The van der Waals surface area contributed by atoms with Gasteiger partial charge in [-0.2, -0.15) is 0 Å². The lowest BCUT2D eigenvalue weighted by Gasteiger charge is -2.36. The Balaban J connectivity index is 1.65. The fourth-order valence-electron chi connectivity index (χ4n) is 3.42. The average Bonchev–Trinajstić information content (AvgIpc) is 2.62. The van der Waals surface area contributed by atoms with Gasteiger partial charge in [-0.25, -0.2) is 9.78 Å². The standard InChI is InChI=1S/C19H23N3O3/c23-17-7-3-5-15(13-17)8-9-16-6-1-2-12-22(16)18(24)14-21-11-4-10-20-19(21)25/h3-5,7,10-11,13,16,23H,1-2,6,8-9,12,14H2/t16-/m1/s1. The Morgan fingerprint density at radius 1 is 1.28 bits per heavy atom. The fourth-order valence-corrected chi connectivity index (χ4v) is 3.42. The molecule has 1 atom stereocenters. The molecular formula is C19H23N3O3. The number of nitrogens with zero attached hydrogens (tertiary/aromatic N) is 3. The van der Waals surface area contributed by atoms with Crippen molar-refractivity contribution in [3.05, 3.63) is 58.8 Å². The van der Waals surface area contributed by atoms with Crippen LogP contribution in [0.2, 0.25) is 0 Å². The molecule has 1 aliphatic heterocycles. The van der Waals surface area contributed by atoms with Crippen LogP contribution in [0.4, 0.5) is 0 Å². The summed E-state index contributed by atoms with van der Waals surface area (Å²) < 4.78 is 1.35.